The van der Waals surface area contributed by atoms with Crippen molar-refractivity contribution in [2.24, 2.45) is 67.0 Å². The fourth-order valence-electron chi connectivity index (χ4n) is 16.4. The Morgan fingerprint density at radius 1 is 0.574 bits per heavy atom. The number of carboxylic acid groups (broad SMARTS) is 1. The van der Waals surface area contributed by atoms with Crippen LogP contribution in [-0.2, 0) is 14.3 Å². The third-order valence-electron chi connectivity index (χ3n) is 18.3. The first-order chi connectivity index (χ1) is 22.0. The first-order valence-corrected chi connectivity index (χ1v) is 20.0. The van der Waals surface area contributed by atoms with Gasteiger partial charge in [0.2, 0.25) is 0 Å². The highest BCUT2D eigenvalue weighted by molar-refractivity contribution is 6.28. The Bertz CT molecular complexity index is 1260. The van der Waals surface area contributed by atoms with Crippen molar-refractivity contribution in [2.75, 3.05) is 13.2 Å². The van der Waals surface area contributed by atoms with Crippen LogP contribution in [0.5, 0.6) is 0 Å². The molecule has 0 saturated heterocycles. The van der Waals surface area contributed by atoms with Gasteiger partial charge in [-0.3, -0.25) is 0 Å². The van der Waals surface area contributed by atoms with Crippen molar-refractivity contribution in [3.63, 3.8) is 0 Å². The number of aliphatic carboxylic acids is 1. The number of rotatable bonds is 3. The summed E-state index contributed by atoms with van der Waals surface area (Å²) in [7, 11) is 0. The van der Waals surface area contributed by atoms with E-state index in [1.807, 2.05) is 0 Å². The monoisotopic (exact) mass is 653 g/mol. The van der Waals surface area contributed by atoms with Gasteiger partial charge < -0.3 is 14.9 Å². The Labute approximate surface area is 286 Å². The highest BCUT2D eigenvalue weighted by atomic mass is 16.6. The molecule has 8 aliphatic rings. The Morgan fingerprint density at radius 2 is 1.02 bits per heavy atom. The third-order valence-corrected chi connectivity index (χ3v) is 18.3. The van der Waals surface area contributed by atoms with Crippen LogP contribution in [0.2, 0.25) is 0 Å². The van der Waals surface area contributed by atoms with E-state index in [9.17, 15) is 14.7 Å². The van der Waals surface area contributed by atoms with Gasteiger partial charge >= 0.3 is 11.9 Å². The number of fused-ring (bicyclic) bond motifs is 6. The van der Waals surface area contributed by atoms with Crippen LogP contribution in [0.1, 0.15) is 170 Å². The molecule has 0 radical (unpaired) electrons. The molecule has 2 spiro atoms. The van der Waals surface area contributed by atoms with Crippen molar-refractivity contribution in [1.29, 1.82) is 0 Å². The van der Waals surface area contributed by atoms with Gasteiger partial charge in [0.25, 0.3) is 0 Å². The molecule has 4 unspecified atom stereocenters. The van der Waals surface area contributed by atoms with Gasteiger partial charge in [0, 0.05) is 12.0 Å². The fraction of sp³-hybridized carbons (Fsp3) is 0.952. The molecule has 47 heavy (non-hydrogen) atoms. The quantitative estimate of drug-likeness (QED) is 0.234. The minimum absolute atomic E-state index is 0.0843. The summed E-state index contributed by atoms with van der Waals surface area (Å²) in [5, 5.41) is 18.9. The van der Waals surface area contributed by atoms with E-state index in [2.05, 4.69) is 41.5 Å². The molecular weight excluding hydrogens is 584 g/mol. The van der Waals surface area contributed by atoms with E-state index in [0.717, 1.165) is 30.6 Å². The van der Waals surface area contributed by atoms with Gasteiger partial charge in [-0.05, 0) is 177 Å². The highest BCUT2D eigenvalue weighted by Crippen LogP contribution is 2.75. The molecule has 8 fully saturated rings. The summed E-state index contributed by atoms with van der Waals surface area (Å²) >= 11 is 0. The van der Waals surface area contributed by atoms with Gasteiger partial charge in [0.1, 0.15) is 0 Å². The Kier molecular flexibility index (Phi) is 8.19. The van der Waals surface area contributed by atoms with Gasteiger partial charge in [-0.15, -0.1) is 0 Å². The normalized spacial score (nSPS) is 54.1. The second-order valence-electron chi connectivity index (χ2n) is 21.1. The first-order valence-electron chi connectivity index (χ1n) is 20.0. The lowest BCUT2D eigenvalue weighted by molar-refractivity contribution is -0.181. The number of aliphatic hydroxyl groups is 1. The average molecular weight is 653 g/mol. The minimum Gasteiger partial charge on any atom is -0.473 e. The zero-order valence-corrected chi connectivity index (χ0v) is 31.0. The van der Waals surface area contributed by atoms with Crippen molar-refractivity contribution < 1.29 is 24.5 Å². The van der Waals surface area contributed by atoms with Crippen molar-refractivity contribution in [3.05, 3.63) is 0 Å². The maximum atomic E-state index is 11.5. The summed E-state index contributed by atoms with van der Waals surface area (Å²) in [4.78, 5) is 22.4. The molecule has 4 bridgehead atoms. The molecule has 2 N–H and O–H groups in total. The summed E-state index contributed by atoms with van der Waals surface area (Å²) < 4.78 is 5.21. The molecule has 8 rings (SSSR count). The minimum atomic E-state index is -1.48. The van der Waals surface area contributed by atoms with Crippen molar-refractivity contribution >= 4 is 11.9 Å². The van der Waals surface area contributed by atoms with Crippen LogP contribution in [0.4, 0.5) is 0 Å². The van der Waals surface area contributed by atoms with Crippen LogP contribution in [0.25, 0.3) is 0 Å². The summed E-state index contributed by atoms with van der Waals surface area (Å²) in [5.74, 6) is 0.460. The lowest BCUT2D eigenvalue weighted by Crippen LogP contribution is -2.58. The molecular formula is C42H68O5. The van der Waals surface area contributed by atoms with Gasteiger partial charge in [0.05, 0.1) is 6.61 Å². The molecule has 12 atom stereocenters. The number of ether oxygens (including phenoxy) is 1. The van der Waals surface area contributed by atoms with Gasteiger partial charge in [0.15, 0.2) is 0 Å². The number of hydrogen-bond donors (Lipinski definition) is 2. The summed E-state index contributed by atoms with van der Waals surface area (Å²) in [6.45, 7) is 15.5. The highest BCUT2D eigenvalue weighted by Gasteiger charge is 2.66. The molecule has 266 valence electrons. The smallest absolute Gasteiger partial charge is 0.417 e. The predicted octanol–water partition coefficient (Wildman–Crippen LogP) is 9.98. The Morgan fingerprint density at radius 3 is 1.49 bits per heavy atom. The maximum Gasteiger partial charge on any atom is 0.417 e. The largest absolute Gasteiger partial charge is 0.473 e. The average Bonchev–Trinajstić information content (AvgIpc) is 3.41. The van der Waals surface area contributed by atoms with Gasteiger partial charge in [-0.1, -0.05) is 54.4 Å². The lowest BCUT2D eigenvalue weighted by atomic mass is 9.40. The van der Waals surface area contributed by atoms with E-state index in [4.69, 9.17) is 9.84 Å². The van der Waals surface area contributed by atoms with Crippen molar-refractivity contribution in [2.45, 2.75) is 170 Å². The van der Waals surface area contributed by atoms with E-state index in [0.29, 0.717) is 45.0 Å². The molecule has 0 heterocycles. The Hall–Kier alpha value is -1.10. The van der Waals surface area contributed by atoms with Crippen LogP contribution < -0.4 is 0 Å². The van der Waals surface area contributed by atoms with Crippen molar-refractivity contribution in [1.82, 2.24) is 0 Å². The molecule has 0 aromatic heterocycles. The summed E-state index contributed by atoms with van der Waals surface area (Å²) in [6.07, 6.45) is 27.3. The van der Waals surface area contributed by atoms with Crippen molar-refractivity contribution in [3.8, 4) is 0 Å². The second kappa shape index (κ2) is 11.2. The number of carbonyl (C=O) groups is 2. The number of hydrogen-bond acceptors (Lipinski definition) is 4. The van der Waals surface area contributed by atoms with E-state index < -0.39 is 11.9 Å². The molecule has 8 aliphatic carbocycles. The number of carbonyl (C=O) groups excluding carboxylic acids is 1. The molecule has 0 amide bonds. The first kappa shape index (κ1) is 34.4. The molecule has 8 saturated carbocycles. The molecule has 0 aromatic rings. The van der Waals surface area contributed by atoms with Gasteiger partial charge in [-0.2, -0.15) is 0 Å². The summed E-state index contributed by atoms with van der Waals surface area (Å²) in [6, 6.07) is 0. The molecule has 5 nitrogen and oxygen atoms in total. The van der Waals surface area contributed by atoms with E-state index >= 15 is 0 Å². The van der Waals surface area contributed by atoms with E-state index in [-0.39, 0.29) is 17.4 Å². The lowest BCUT2D eigenvalue weighted by Gasteiger charge is -2.64. The van der Waals surface area contributed by atoms with E-state index in [1.165, 1.54) is 116 Å². The standard InChI is InChI=1S/C22H34O4.C20H34O/c1-19-9-5-16-21(3)8-4-7-20(2,14-26-18(25)17(23)24)15(21)6-10-22(16,13-19)12-11-19;1-17-9-5-16-19(3)8-4-7-18(2,14-21)15(19)6-10-20(16,13-17)12-11-17/h15-16H,4-14H2,1-3H3,(H,23,24);15-16,21H,4-14H2,1-3H3/t15?,16?,19-,20+,21-,22+;15?,16?,17-,18+,19-,20+/m11/s1. The van der Waals surface area contributed by atoms with Crippen LogP contribution in [0.15, 0.2) is 0 Å². The zero-order chi connectivity index (χ0) is 33.7. The van der Waals surface area contributed by atoms with Crippen LogP contribution >= 0.6 is 0 Å². The number of esters is 1. The number of aliphatic hydroxyl groups excluding tert-OH is 1. The SMILES string of the molecule is C[C@@]12CCC3[C@@](CCC4[C@](C)(CO)CCC[C@]43C)(CC1)C2.C[C@@]12CCC3[C@@](CCC4[C@](C)(COC(=O)C(=O)O)CCC[C@]43C)(CC1)C2. The van der Waals surface area contributed by atoms with E-state index in [1.54, 1.807) is 0 Å². The van der Waals surface area contributed by atoms with Gasteiger partial charge in [-0.25, -0.2) is 9.59 Å². The molecule has 5 heteroatoms. The predicted molar refractivity (Wildman–Crippen MR) is 185 cm³/mol. The maximum absolute atomic E-state index is 11.5. The third kappa shape index (κ3) is 5.21. The summed E-state index contributed by atoms with van der Waals surface area (Å²) in [5.41, 5.74) is 3.43. The molecule has 0 aromatic carbocycles. The van der Waals surface area contributed by atoms with Crippen LogP contribution in [-0.4, -0.2) is 35.4 Å². The molecule has 0 aliphatic heterocycles. The van der Waals surface area contributed by atoms with Crippen LogP contribution in [0.3, 0.4) is 0 Å². The Balaban J connectivity index is 0.000000153. The number of carboxylic acids is 1. The fourth-order valence-corrected chi connectivity index (χ4v) is 16.4. The topological polar surface area (TPSA) is 83.8 Å². The second-order valence-corrected chi connectivity index (χ2v) is 21.1. The zero-order valence-electron chi connectivity index (χ0n) is 31.0. The van der Waals surface area contributed by atoms with Crippen LogP contribution in [0, 0.1) is 67.0 Å².